The number of unbranched alkanes of at least 4 members (excludes halogenated alkanes) is 1. The molecule has 5 heteroatoms. The first-order valence-electron chi connectivity index (χ1n) is 11.6. The minimum atomic E-state index is -0.504. The zero-order valence-electron chi connectivity index (χ0n) is 18.8. The molecule has 29 heavy (non-hydrogen) atoms. The highest BCUT2D eigenvalue weighted by atomic mass is 16.6. The Hall–Kier alpha value is -1.62. The summed E-state index contributed by atoms with van der Waals surface area (Å²) < 4.78 is 5.71. The molecule has 0 unspecified atom stereocenters. The van der Waals surface area contributed by atoms with E-state index in [0.717, 1.165) is 38.0 Å². The first-order valence-corrected chi connectivity index (χ1v) is 11.6. The van der Waals surface area contributed by atoms with Crippen LogP contribution in [0.15, 0.2) is 18.3 Å². The summed E-state index contributed by atoms with van der Waals surface area (Å²) >= 11 is 0. The number of piperidine rings is 1. The molecule has 0 N–H and O–H groups in total. The standard InChI is InChI=1S/C24H39N3O2/c1-5-6-16-26-17-10-9-13-21(26)19-14-15-22(25-18-19)27(20-11-7-8-12-20)23(28)29-24(2,3)4/h14-15,18,20-21H,5-13,16-17H2,1-4H3/t21-/m0/s1. The monoisotopic (exact) mass is 401 g/mol. The molecule has 1 aliphatic heterocycles. The van der Waals surface area contributed by atoms with Gasteiger partial charge in [-0.2, -0.15) is 0 Å². The third-order valence-corrected chi connectivity index (χ3v) is 6.09. The van der Waals surface area contributed by atoms with E-state index >= 15 is 0 Å². The number of rotatable bonds is 6. The van der Waals surface area contributed by atoms with Crippen molar-refractivity contribution in [1.29, 1.82) is 0 Å². The van der Waals surface area contributed by atoms with Crippen molar-refractivity contribution in [3.05, 3.63) is 23.9 Å². The van der Waals surface area contributed by atoms with Crippen LogP contribution in [0, 0.1) is 0 Å². The first-order chi connectivity index (χ1) is 13.9. The third-order valence-electron chi connectivity index (χ3n) is 6.09. The minimum Gasteiger partial charge on any atom is -0.443 e. The molecule has 0 radical (unpaired) electrons. The van der Waals surface area contributed by atoms with Gasteiger partial charge >= 0.3 is 6.09 Å². The van der Waals surface area contributed by atoms with Crippen molar-refractivity contribution >= 4 is 11.9 Å². The highest BCUT2D eigenvalue weighted by Crippen LogP contribution is 2.33. The molecule has 0 bridgehead atoms. The average Bonchev–Trinajstić information content (AvgIpc) is 3.20. The van der Waals surface area contributed by atoms with E-state index in [4.69, 9.17) is 9.72 Å². The highest BCUT2D eigenvalue weighted by Gasteiger charge is 2.33. The number of pyridine rings is 1. The fourth-order valence-electron chi connectivity index (χ4n) is 4.64. The first kappa shape index (κ1) is 22.1. The van der Waals surface area contributed by atoms with Crippen molar-refractivity contribution < 1.29 is 9.53 Å². The van der Waals surface area contributed by atoms with Crippen LogP contribution < -0.4 is 4.90 Å². The lowest BCUT2D eigenvalue weighted by Gasteiger charge is -2.36. The lowest BCUT2D eigenvalue weighted by molar-refractivity contribution is 0.0564. The number of carbonyl (C=O) groups is 1. The Bertz CT molecular complexity index is 647. The van der Waals surface area contributed by atoms with Gasteiger partial charge in [0.1, 0.15) is 11.4 Å². The van der Waals surface area contributed by atoms with Gasteiger partial charge in [0.15, 0.2) is 0 Å². The van der Waals surface area contributed by atoms with Crippen molar-refractivity contribution in [1.82, 2.24) is 9.88 Å². The molecule has 1 aromatic rings. The van der Waals surface area contributed by atoms with Crippen LogP contribution in [-0.4, -0.2) is 40.7 Å². The number of likely N-dealkylation sites (tertiary alicyclic amines) is 1. The molecular formula is C24H39N3O2. The Morgan fingerprint density at radius 2 is 1.90 bits per heavy atom. The van der Waals surface area contributed by atoms with E-state index in [1.54, 1.807) is 4.90 Å². The van der Waals surface area contributed by atoms with Gasteiger partial charge in [-0.1, -0.05) is 38.7 Å². The number of hydrogen-bond acceptors (Lipinski definition) is 4. The van der Waals surface area contributed by atoms with Crippen LogP contribution in [-0.2, 0) is 4.74 Å². The van der Waals surface area contributed by atoms with Crippen molar-refractivity contribution in [2.75, 3.05) is 18.0 Å². The second kappa shape index (κ2) is 9.92. The molecule has 5 nitrogen and oxygen atoms in total. The number of nitrogens with zero attached hydrogens (tertiary/aromatic N) is 3. The predicted molar refractivity (Wildman–Crippen MR) is 118 cm³/mol. The lowest BCUT2D eigenvalue weighted by Crippen LogP contribution is -2.43. The number of aromatic nitrogens is 1. The molecule has 3 rings (SSSR count). The summed E-state index contributed by atoms with van der Waals surface area (Å²) in [6, 6.07) is 4.87. The Kier molecular flexibility index (Phi) is 7.55. The Morgan fingerprint density at radius 3 is 2.52 bits per heavy atom. The van der Waals surface area contributed by atoms with Crippen molar-refractivity contribution in [2.45, 2.75) is 103 Å². The molecule has 1 saturated carbocycles. The molecule has 1 aromatic heterocycles. The predicted octanol–water partition coefficient (Wildman–Crippen LogP) is 6.09. The summed E-state index contributed by atoms with van der Waals surface area (Å²) in [7, 11) is 0. The summed E-state index contributed by atoms with van der Waals surface area (Å²) in [5.41, 5.74) is 0.774. The van der Waals surface area contributed by atoms with Gasteiger partial charge in [0, 0.05) is 18.3 Å². The van der Waals surface area contributed by atoms with Gasteiger partial charge < -0.3 is 4.74 Å². The number of hydrogen-bond donors (Lipinski definition) is 0. The summed E-state index contributed by atoms with van der Waals surface area (Å²) in [6.45, 7) is 10.4. The number of carbonyl (C=O) groups excluding carboxylic acids is 1. The Labute approximate surface area is 176 Å². The van der Waals surface area contributed by atoms with E-state index in [9.17, 15) is 4.79 Å². The Morgan fingerprint density at radius 1 is 1.17 bits per heavy atom. The largest absolute Gasteiger partial charge is 0.443 e. The average molecular weight is 402 g/mol. The molecule has 1 atom stereocenters. The fraction of sp³-hybridized carbons (Fsp3) is 0.750. The maximum absolute atomic E-state index is 13.0. The van der Waals surface area contributed by atoms with E-state index in [-0.39, 0.29) is 12.1 Å². The van der Waals surface area contributed by atoms with Gasteiger partial charge in [0.05, 0.1) is 0 Å². The topological polar surface area (TPSA) is 45.7 Å². The molecule has 2 heterocycles. The van der Waals surface area contributed by atoms with Crippen LogP contribution >= 0.6 is 0 Å². The van der Waals surface area contributed by atoms with Gasteiger partial charge in [0.2, 0.25) is 0 Å². The van der Waals surface area contributed by atoms with Crippen molar-refractivity contribution in [3.8, 4) is 0 Å². The van der Waals surface area contributed by atoms with Crippen LogP contribution in [0.25, 0.3) is 0 Å². The molecule has 162 valence electrons. The number of anilines is 1. The molecule has 1 saturated heterocycles. The molecule has 1 amide bonds. The second-order valence-corrected chi connectivity index (χ2v) is 9.64. The molecule has 2 aliphatic rings. The molecule has 2 fully saturated rings. The summed E-state index contributed by atoms with van der Waals surface area (Å²) in [4.78, 5) is 22.1. The van der Waals surface area contributed by atoms with Crippen LogP contribution in [0.4, 0.5) is 10.6 Å². The quantitative estimate of drug-likeness (QED) is 0.578. The van der Waals surface area contributed by atoms with Crippen LogP contribution in [0.3, 0.4) is 0 Å². The van der Waals surface area contributed by atoms with Gasteiger partial charge in [-0.3, -0.25) is 9.80 Å². The Balaban J connectivity index is 1.78. The number of ether oxygens (including phenoxy) is 1. The van der Waals surface area contributed by atoms with Crippen molar-refractivity contribution in [3.63, 3.8) is 0 Å². The third kappa shape index (κ3) is 5.94. The van der Waals surface area contributed by atoms with Gasteiger partial charge in [-0.05, 0) is 77.6 Å². The van der Waals surface area contributed by atoms with Crippen LogP contribution in [0.5, 0.6) is 0 Å². The zero-order valence-corrected chi connectivity index (χ0v) is 18.8. The van der Waals surface area contributed by atoms with Crippen LogP contribution in [0.1, 0.15) is 97.1 Å². The van der Waals surface area contributed by atoms with E-state index in [2.05, 4.69) is 17.9 Å². The van der Waals surface area contributed by atoms with Gasteiger partial charge in [-0.25, -0.2) is 9.78 Å². The summed E-state index contributed by atoms with van der Waals surface area (Å²) in [6.07, 6.45) is 12.3. The lowest BCUT2D eigenvalue weighted by atomic mass is 9.96. The van der Waals surface area contributed by atoms with E-state index in [1.165, 1.54) is 44.2 Å². The molecule has 1 aliphatic carbocycles. The number of amides is 1. The smallest absolute Gasteiger partial charge is 0.416 e. The zero-order chi connectivity index (χ0) is 20.9. The van der Waals surface area contributed by atoms with E-state index in [1.807, 2.05) is 33.0 Å². The molecular weight excluding hydrogens is 362 g/mol. The van der Waals surface area contributed by atoms with Crippen molar-refractivity contribution in [2.24, 2.45) is 0 Å². The second-order valence-electron chi connectivity index (χ2n) is 9.64. The highest BCUT2D eigenvalue weighted by molar-refractivity contribution is 5.87. The van der Waals surface area contributed by atoms with Crippen LogP contribution in [0.2, 0.25) is 0 Å². The van der Waals surface area contributed by atoms with Gasteiger partial charge in [-0.15, -0.1) is 0 Å². The molecule has 0 spiro atoms. The summed E-state index contributed by atoms with van der Waals surface area (Å²) in [5, 5.41) is 0. The maximum atomic E-state index is 13.0. The van der Waals surface area contributed by atoms with E-state index < -0.39 is 5.60 Å². The maximum Gasteiger partial charge on any atom is 0.416 e. The normalized spacial score (nSPS) is 21.3. The van der Waals surface area contributed by atoms with E-state index in [0.29, 0.717) is 6.04 Å². The SMILES string of the molecule is CCCCN1CCCC[C@H]1c1ccc(N(C(=O)OC(C)(C)C)C2CCCC2)nc1. The minimum absolute atomic E-state index is 0.193. The van der Waals surface area contributed by atoms with Gasteiger partial charge in [0.25, 0.3) is 0 Å². The molecule has 0 aromatic carbocycles. The summed E-state index contributed by atoms with van der Waals surface area (Å²) in [5.74, 6) is 0.728. The fourth-order valence-corrected chi connectivity index (χ4v) is 4.64.